The molecule has 64 valence electrons. The molecule has 12 heavy (non-hydrogen) atoms. The van der Waals surface area contributed by atoms with Crippen molar-refractivity contribution < 1.29 is 9.59 Å². The Hall–Kier alpha value is -0.920. The molecule has 1 saturated carbocycles. The summed E-state index contributed by atoms with van der Waals surface area (Å²) in [5.74, 6) is 0.185. The van der Waals surface area contributed by atoms with Crippen LogP contribution in [-0.4, -0.2) is 12.1 Å². The Morgan fingerprint density at radius 1 is 1.67 bits per heavy atom. The summed E-state index contributed by atoms with van der Waals surface area (Å²) in [7, 11) is 0. The van der Waals surface area contributed by atoms with E-state index in [1.54, 1.807) is 0 Å². The van der Waals surface area contributed by atoms with Crippen LogP contribution < -0.4 is 0 Å². The van der Waals surface area contributed by atoms with Crippen LogP contribution in [-0.2, 0) is 9.59 Å². The van der Waals surface area contributed by atoms with Gasteiger partial charge in [0, 0.05) is 12.3 Å². The van der Waals surface area contributed by atoms with E-state index in [4.69, 9.17) is 0 Å². The molecule has 2 nitrogen and oxygen atoms in total. The maximum atomic E-state index is 11.4. The molecule has 0 radical (unpaired) electrons. The van der Waals surface area contributed by atoms with Crippen molar-refractivity contribution in [3.8, 4) is 0 Å². The van der Waals surface area contributed by atoms with E-state index in [0.717, 1.165) is 24.7 Å². The molecule has 0 spiro atoms. The first-order valence-corrected chi connectivity index (χ1v) is 4.35. The molecule has 0 heterocycles. The van der Waals surface area contributed by atoms with Crippen molar-refractivity contribution in [1.82, 2.24) is 0 Å². The first kappa shape index (κ1) is 7.71. The molecular weight excluding hydrogens is 152 g/mol. The first-order chi connectivity index (χ1) is 5.64. The molecule has 0 aromatic carbocycles. The average molecular weight is 164 g/mol. The lowest BCUT2D eigenvalue weighted by molar-refractivity contribution is -0.125. The van der Waals surface area contributed by atoms with Crippen molar-refractivity contribution in [2.45, 2.75) is 26.2 Å². The molecule has 2 atom stereocenters. The third kappa shape index (κ3) is 0.942. The second-order valence-corrected chi connectivity index (χ2v) is 4.14. The average Bonchev–Trinajstić information content (AvgIpc) is 2.34. The molecule has 2 rings (SSSR count). The Morgan fingerprint density at radius 3 is 3.08 bits per heavy atom. The molecule has 0 aliphatic heterocycles. The lowest BCUT2D eigenvalue weighted by atomic mass is 9.76. The van der Waals surface area contributed by atoms with Crippen LogP contribution >= 0.6 is 0 Å². The minimum Gasteiger partial charge on any atom is -0.299 e. The highest BCUT2D eigenvalue weighted by atomic mass is 16.1. The summed E-state index contributed by atoms with van der Waals surface area (Å²) in [6.45, 7) is 2.13. The van der Waals surface area contributed by atoms with Gasteiger partial charge in [-0.2, -0.15) is 0 Å². The number of hydrogen-bond acceptors (Lipinski definition) is 2. The zero-order chi connectivity index (χ0) is 8.77. The van der Waals surface area contributed by atoms with Crippen LogP contribution in [0.1, 0.15) is 26.2 Å². The van der Waals surface area contributed by atoms with E-state index in [-0.39, 0.29) is 17.1 Å². The molecule has 0 unspecified atom stereocenters. The number of fused-ring (bicyclic) bond motifs is 2. The molecule has 2 bridgehead atoms. The van der Waals surface area contributed by atoms with Crippen molar-refractivity contribution >= 4 is 12.1 Å². The van der Waals surface area contributed by atoms with Crippen molar-refractivity contribution in [3.05, 3.63) is 11.6 Å². The maximum Gasteiger partial charge on any atom is 0.146 e. The number of Topliss-reactive ketones (excluding diaryl/α,β-unsaturated/α-hetero) is 1. The zero-order valence-corrected chi connectivity index (χ0v) is 7.17. The van der Waals surface area contributed by atoms with Gasteiger partial charge in [0.05, 0.1) is 0 Å². The fourth-order valence-electron chi connectivity index (χ4n) is 2.32. The Morgan fingerprint density at radius 2 is 2.42 bits per heavy atom. The summed E-state index contributed by atoms with van der Waals surface area (Å²) in [6.07, 6.45) is 5.27. The van der Waals surface area contributed by atoms with Gasteiger partial charge in [-0.25, -0.2) is 0 Å². The summed E-state index contributed by atoms with van der Waals surface area (Å²) in [5.41, 5.74) is 0.856. The number of aldehydes is 1. The molecule has 1 fully saturated rings. The van der Waals surface area contributed by atoms with Crippen LogP contribution in [0.5, 0.6) is 0 Å². The fraction of sp³-hybridized carbons (Fsp3) is 0.600. The smallest absolute Gasteiger partial charge is 0.146 e. The topological polar surface area (TPSA) is 34.1 Å². The Kier molecular flexibility index (Phi) is 1.47. The number of carbonyl (C=O) groups is 2. The second-order valence-electron chi connectivity index (χ2n) is 4.14. The second kappa shape index (κ2) is 2.28. The third-order valence-corrected chi connectivity index (χ3v) is 3.06. The van der Waals surface area contributed by atoms with Crippen molar-refractivity contribution in [2.24, 2.45) is 11.3 Å². The highest BCUT2D eigenvalue weighted by molar-refractivity contribution is 5.93. The Balaban J connectivity index is 2.37. The predicted octanol–water partition coefficient (Wildman–Crippen LogP) is 1.50. The van der Waals surface area contributed by atoms with E-state index < -0.39 is 0 Å². The summed E-state index contributed by atoms with van der Waals surface area (Å²) < 4.78 is 0. The maximum absolute atomic E-state index is 11.4. The van der Waals surface area contributed by atoms with Crippen LogP contribution in [0.15, 0.2) is 11.6 Å². The minimum atomic E-state index is -0.0683. The van der Waals surface area contributed by atoms with Gasteiger partial charge in [0.2, 0.25) is 0 Å². The minimum absolute atomic E-state index is 0.0683. The summed E-state index contributed by atoms with van der Waals surface area (Å²) in [4.78, 5) is 22.0. The van der Waals surface area contributed by atoms with Gasteiger partial charge in [0.25, 0.3) is 0 Å². The Labute approximate surface area is 71.6 Å². The van der Waals surface area contributed by atoms with Crippen molar-refractivity contribution in [2.75, 3.05) is 0 Å². The van der Waals surface area contributed by atoms with Crippen LogP contribution in [0.25, 0.3) is 0 Å². The highest BCUT2D eigenvalue weighted by Crippen LogP contribution is 2.47. The molecule has 0 N–H and O–H groups in total. The van der Waals surface area contributed by atoms with Crippen LogP contribution in [0.4, 0.5) is 0 Å². The third-order valence-electron chi connectivity index (χ3n) is 3.06. The fourth-order valence-corrected chi connectivity index (χ4v) is 2.32. The quantitative estimate of drug-likeness (QED) is 0.550. The summed E-state index contributed by atoms with van der Waals surface area (Å²) >= 11 is 0. The van der Waals surface area contributed by atoms with Crippen LogP contribution in [0.3, 0.4) is 0 Å². The lowest BCUT2D eigenvalue weighted by Gasteiger charge is -2.27. The van der Waals surface area contributed by atoms with Gasteiger partial charge in [-0.1, -0.05) is 13.0 Å². The largest absolute Gasteiger partial charge is 0.299 e. The summed E-state index contributed by atoms with van der Waals surface area (Å²) in [6, 6.07) is 0. The van der Waals surface area contributed by atoms with Gasteiger partial charge < -0.3 is 0 Å². The zero-order valence-electron chi connectivity index (χ0n) is 7.17. The first-order valence-electron chi connectivity index (χ1n) is 4.35. The van der Waals surface area contributed by atoms with Gasteiger partial charge in [0.15, 0.2) is 0 Å². The SMILES string of the molecule is C[C@@]12C=C(C=O)[C@@H](C1)C(=O)CC2. The van der Waals surface area contributed by atoms with Gasteiger partial charge >= 0.3 is 0 Å². The predicted molar refractivity (Wildman–Crippen MR) is 44.6 cm³/mol. The van der Waals surface area contributed by atoms with Gasteiger partial charge in [-0.3, -0.25) is 9.59 Å². The molecular formula is C10H12O2. The van der Waals surface area contributed by atoms with Crippen LogP contribution in [0, 0.1) is 11.3 Å². The molecule has 2 aliphatic carbocycles. The van der Waals surface area contributed by atoms with Crippen LogP contribution in [0.2, 0.25) is 0 Å². The van der Waals surface area contributed by atoms with E-state index in [2.05, 4.69) is 6.92 Å². The molecule has 0 saturated heterocycles. The molecule has 0 aromatic heterocycles. The number of allylic oxidation sites excluding steroid dienone is 2. The van der Waals surface area contributed by atoms with E-state index in [1.807, 2.05) is 6.08 Å². The number of rotatable bonds is 1. The van der Waals surface area contributed by atoms with E-state index in [9.17, 15) is 9.59 Å². The van der Waals surface area contributed by atoms with E-state index in [0.29, 0.717) is 6.42 Å². The monoisotopic (exact) mass is 164 g/mol. The molecule has 0 amide bonds. The van der Waals surface area contributed by atoms with E-state index >= 15 is 0 Å². The van der Waals surface area contributed by atoms with Gasteiger partial charge in [-0.15, -0.1) is 0 Å². The molecule has 2 aliphatic rings. The van der Waals surface area contributed by atoms with Crippen molar-refractivity contribution in [3.63, 3.8) is 0 Å². The summed E-state index contributed by atoms with van der Waals surface area (Å²) in [5, 5.41) is 0. The lowest BCUT2D eigenvalue weighted by Crippen LogP contribution is -2.25. The van der Waals surface area contributed by atoms with Gasteiger partial charge in [0.1, 0.15) is 12.1 Å². The number of hydrogen-bond donors (Lipinski definition) is 0. The van der Waals surface area contributed by atoms with Gasteiger partial charge in [-0.05, 0) is 23.8 Å². The normalized spacial score (nSPS) is 39.6. The number of ketones is 1. The standard InChI is InChI=1S/C10H12O2/c1-10-3-2-9(12)8(5-10)7(4-10)6-11/h4,6,8H,2-3,5H2,1H3/t8-,10-/m1/s1. The molecule has 0 aromatic rings. The number of carbonyl (C=O) groups excluding carboxylic acids is 2. The van der Waals surface area contributed by atoms with E-state index in [1.165, 1.54) is 0 Å². The highest BCUT2D eigenvalue weighted by Gasteiger charge is 2.42. The van der Waals surface area contributed by atoms with Crippen molar-refractivity contribution in [1.29, 1.82) is 0 Å². The Bertz CT molecular complexity index is 278. The molecule has 2 heteroatoms.